The maximum Gasteiger partial charge on any atom is 0.238 e. The molecule has 22 heavy (non-hydrogen) atoms. The minimum atomic E-state index is -3.75. The summed E-state index contributed by atoms with van der Waals surface area (Å²) < 4.78 is 34.5. The first-order chi connectivity index (χ1) is 10.5. The molecule has 0 radical (unpaired) electrons. The Hall–Kier alpha value is -1.59. The van der Waals surface area contributed by atoms with Crippen LogP contribution in [0.2, 0.25) is 0 Å². The van der Waals surface area contributed by atoms with E-state index in [0.717, 1.165) is 17.2 Å². The number of morpholine rings is 1. The summed E-state index contributed by atoms with van der Waals surface area (Å²) >= 11 is 1.33. The summed E-state index contributed by atoms with van der Waals surface area (Å²) in [4.78, 5) is 5.58. The molecule has 1 saturated heterocycles. The van der Waals surface area contributed by atoms with E-state index in [2.05, 4.69) is 14.8 Å². The van der Waals surface area contributed by atoms with Gasteiger partial charge in [0.1, 0.15) is 0 Å². The molecule has 2 aliphatic rings. The van der Waals surface area contributed by atoms with Crippen LogP contribution in [0.5, 0.6) is 0 Å². The zero-order chi connectivity index (χ0) is 15.3. The molecule has 4 rings (SSSR count). The van der Waals surface area contributed by atoms with E-state index >= 15 is 0 Å². The second kappa shape index (κ2) is 4.96. The number of hydrogen-bond donors (Lipinski definition) is 2. The fourth-order valence-corrected chi connectivity index (χ4v) is 3.90. The van der Waals surface area contributed by atoms with Crippen LogP contribution in [0.1, 0.15) is 5.82 Å². The van der Waals surface area contributed by atoms with Gasteiger partial charge < -0.3 is 10.1 Å². The second-order valence-corrected chi connectivity index (χ2v) is 7.41. The number of benzene rings is 1. The Balaban J connectivity index is 1.81. The molecule has 3 N–H and O–H groups in total. The normalized spacial score (nSPS) is 21.5. The lowest BCUT2D eigenvalue weighted by Crippen LogP contribution is -2.46. The Kier molecular flexibility index (Phi) is 3.16. The largest absolute Gasteiger partial charge is 0.378 e. The van der Waals surface area contributed by atoms with Crippen LogP contribution in [-0.4, -0.2) is 48.7 Å². The number of rotatable bonds is 2. The van der Waals surface area contributed by atoms with Crippen LogP contribution in [0.3, 0.4) is 0 Å². The Morgan fingerprint density at radius 1 is 1.45 bits per heavy atom. The highest BCUT2D eigenvalue weighted by molar-refractivity contribution is 7.89. The summed E-state index contributed by atoms with van der Waals surface area (Å²) in [6.45, 7) is 2.05. The lowest BCUT2D eigenvalue weighted by Gasteiger charge is -2.23. The molecule has 116 valence electrons. The van der Waals surface area contributed by atoms with E-state index in [4.69, 9.17) is 9.88 Å². The van der Waals surface area contributed by atoms with Crippen molar-refractivity contribution in [1.82, 2.24) is 15.0 Å². The molecule has 8 nitrogen and oxygen atoms in total. The number of ether oxygens (including phenoxy) is 1. The van der Waals surface area contributed by atoms with E-state index < -0.39 is 10.0 Å². The second-order valence-electron chi connectivity index (χ2n) is 5.06. The van der Waals surface area contributed by atoms with Crippen LogP contribution in [0.25, 0.3) is 11.0 Å². The lowest BCUT2D eigenvalue weighted by atomic mass is 10.2. The summed E-state index contributed by atoms with van der Waals surface area (Å²) in [7, 11) is -3.75. The molecule has 0 saturated carbocycles. The first-order valence-corrected chi connectivity index (χ1v) is 8.98. The smallest absolute Gasteiger partial charge is 0.238 e. The number of fused-ring (bicyclic) bond motifs is 3. The van der Waals surface area contributed by atoms with E-state index in [-0.39, 0.29) is 10.9 Å². The van der Waals surface area contributed by atoms with E-state index in [0.29, 0.717) is 24.2 Å². The molecule has 0 amide bonds. The highest BCUT2D eigenvalue weighted by Gasteiger charge is 2.27. The van der Waals surface area contributed by atoms with Gasteiger partial charge in [0.15, 0.2) is 5.82 Å². The van der Waals surface area contributed by atoms with Gasteiger partial charge in [-0.25, -0.2) is 23.2 Å². The van der Waals surface area contributed by atoms with Crippen molar-refractivity contribution >= 4 is 37.1 Å². The van der Waals surface area contributed by atoms with Crippen LogP contribution >= 0.6 is 0 Å². The van der Waals surface area contributed by atoms with Gasteiger partial charge in [-0.3, -0.25) is 0 Å². The molecular formula is C12H13N5O3S2. The van der Waals surface area contributed by atoms with Crippen molar-refractivity contribution in [2.75, 3.05) is 19.8 Å². The van der Waals surface area contributed by atoms with Gasteiger partial charge in [0.25, 0.3) is 0 Å². The molecule has 2 aliphatic heterocycles. The van der Waals surface area contributed by atoms with E-state index in [1.807, 2.05) is 0 Å². The number of imidazole rings is 1. The fraction of sp³-hybridized carbons (Fsp3) is 0.333. The molecule has 1 aromatic heterocycles. The van der Waals surface area contributed by atoms with Gasteiger partial charge >= 0.3 is 0 Å². The van der Waals surface area contributed by atoms with Gasteiger partial charge in [-0.15, -0.1) is 4.47 Å². The van der Waals surface area contributed by atoms with Gasteiger partial charge in [0.2, 0.25) is 10.0 Å². The van der Waals surface area contributed by atoms with Crippen LogP contribution in [-0.2, 0) is 25.9 Å². The van der Waals surface area contributed by atoms with Crippen molar-refractivity contribution in [2.24, 2.45) is 9.61 Å². The first kappa shape index (κ1) is 14.0. The first-order valence-electron chi connectivity index (χ1n) is 6.66. The monoisotopic (exact) mass is 339 g/mol. The predicted molar refractivity (Wildman–Crippen MR) is 83.0 cm³/mol. The fourth-order valence-electron chi connectivity index (χ4n) is 2.54. The Morgan fingerprint density at radius 2 is 2.32 bits per heavy atom. The molecule has 10 heteroatoms. The standard InChI is InChI=1S/C12H13N5O3S2/c13-22(18,19)7-1-2-8-10(5-7)17-12(15-8)11(21-16-17)9-6-20-4-3-14-9/h1-2,5,9,14H,3-4,6H2,(H2,13,18,19). The molecule has 0 bridgehead atoms. The zero-order valence-electron chi connectivity index (χ0n) is 11.4. The van der Waals surface area contributed by atoms with Crippen LogP contribution in [0.15, 0.2) is 27.6 Å². The number of nitrogens with zero attached hydrogens (tertiary/aromatic N) is 3. The Labute approximate surface area is 130 Å². The van der Waals surface area contributed by atoms with Crippen molar-refractivity contribution in [1.29, 1.82) is 0 Å². The Bertz CT molecular complexity index is 937. The SMILES string of the molecule is NS(=O)(=O)c1ccc2nc3n(c2c1)N=S=C3C1COCCN1. The third kappa shape index (κ3) is 2.20. The molecule has 0 aliphatic carbocycles. The number of hydrogen-bond acceptors (Lipinski definition) is 6. The minimum absolute atomic E-state index is 0.0514. The van der Waals surface area contributed by atoms with Gasteiger partial charge in [-0.1, -0.05) is 0 Å². The quantitative estimate of drug-likeness (QED) is 0.698. The maximum absolute atomic E-state index is 11.5. The van der Waals surface area contributed by atoms with Gasteiger partial charge in [0.05, 0.1) is 40.0 Å². The van der Waals surface area contributed by atoms with Crippen molar-refractivity contribution in [3.05, 3.63) is 24.0 Å². The van der Waals surface area contributed by atoms with Crippen LogP contribution in [0, 0.1) is 0 Å². The van der Waals surface area contributed by atoms with Crippen molar-refractivity contribution in [3.8, 4) is 0 Å². The number of aromatic nitrogens is 2. The topological polar surface area (TPSA) is 112 Å². The summed E-state index contributed by atoms with van der Waals surface area (Å²) in [5.41, 5.74) is 1.31. The molecule has 0 spiro atoms. The molecular weight excluding hydrogens is 326 g/mol. The number of nitrogens with one attached hydrogen (secondary N) is 1. The summed E-state index contributed by atoms with van der Waals surface area (Å²) in [6, 6.07) is 4.65. The number of nitrogens with two attached hydrogens (primary N) is 1. The predicted octanol–water partition coefficient (Wildman–Crippen LogP) is -0.765. The lowest BCUT2D eigenvalue weighted by molar-refractivity contribution is 0.0955. The van der Waals surface area contributed by atoms with Gasteiger partial charge in [-0.05, 0) is 29.3 Å². The van der Waals surface area contributed by atoms with E-state index in [1.54, 1.807) is 10.7 Å². The third-order valence-corrected chi connectivity index (χ3v) is 5.43. The van der Waals surface area contributed by atoms with Gasteiger partial charge in [-0.2, -0.15) is 0 Å². The van der Waals surface area contributed by atoms with Crippen LogP contribution in [0.4, 0.5) is 0 Å². The van der Waals surface area contributed by atoms with Gasteiger partial charge in [0, 0.05) is 6.54 Å². The summed E-state index contributed by atoms with van der Waals surface area (Å²) in [5.74, 6) is 0.717. The molecule has 2 aromatic rings. The Morgan fingerprint density at radius 3 is 3.05 bits per heavy atom. The van der Waals surface area contributed by atoms with E-state index in [1.165, 1.54) is 23.3 Å². The molecule has 3 heterocycles. The van der Waals surface area contributed by atoms with Crippen LogP contribution < -0.4 is 10.5 Å². The van der Waals surface area contributed by atoms with Crippen molar-refractivity contribution < 1.29 is 13.2 Å². The van der Waals surface area contributed by atoms with Crippen molar-refractivity contribution in [3.63, 3.8) is 0 Å². The highest BCUT2D eigenvalue weighted by Crippen LogP contribution is 2.23. The number of sulfonamides is 1. The van der Waals surface area contributed by atoms with Crippen molar-refractivity contribution in [2.45, 2.75) is 10.9 Å². The minimum Gasteiger partial charge on any atom is -0.378 e. The van der Waals surface area contributed by atoms with E-state index in [9.17, 15) is 8.42 Å². The average Bonchev–Trinajstić information content (AvgIpc) is 3.05. The summed E-state index contributed by atoms with van der Waals surface area (Å²) in [5, 5.41) is 8.55. The molecule has 1 atom stereocenters. The molecule has 1 fully saturated rings. The summed E-state index contributed by atoms with van der Waals surface area (Å²) in [6.07, 6.45) is 0. The third-order valence-electron chi connectivity index (χ3n) is 3.61. The molecule has 1 aromatic carbocycles. The molecule has 1 unspecified atom stereocenters. The number of primary sulfonamides is 1. The average molecular weight is 339 g/mol. The maximum atomic E-state index is 11.5. The zero-order valence-corrected chi connectivity index (χ0v) is 13.0. The highest BCUT2D eigenvalue weighted by atomic mass is 32.2.